The zero-order chi connectivity index (χ0) is 17.8. The molecule has 3 rings (SSSR count). The highest BCUT2D eigenvalue weighted by atomic mass is 79.9. The zero-order valence-electron chi connectivity index (χ0n) is 14.5. The molecule has 0 aliphatic carbocycles. The first-order chi connectivity index (χ1) is 12.1. The number of hydrogen-bond acceptors (Lipinski definition) is 4. The molecule has 1 atom stereocenters. The number of carbonyl (C=O) groups excluding carboxylic acids is 1. The van der Waals surface area contributed by atoms with Gasteiger partial charge in [-0.15, -0.1) is 0 Å². The number of anilines is 1. The van der Waals surface area contributed by atoms with Crippen molar-refractivity contribution in [1.82, 2.24) is 10.3 Å². The third kappa shape index (κ3) is 3.95. The first-order valence-electron chi connectivity index (χ1n) is 8.56. The third-order valence-corrected chi connectivity index (χ3v) is 4.91. The molecule has 0 fully saturated rings. The molecule has 5 nitrogen and oxygen atoms in total. The average Bonchev–Trinajstić information content (AvgIpc) is 2.64. The number of hydrogen-bond donors (Lipinski definition) is 1. The van der Waals surface area contributed by atoms with Crippen LogP contribution in [0.4, 0.5) is 5.82 Å². The predicted octanol–water partition coefficient (Wildman–Crippen LogP) is 3.94. The van der Waals surface area contributed by atoms with Crippen LogP contribution < -0.4 is 15.0 Å². The summed E-state index contributed by atoms with van der Waals surface area (Å²) in [7, 11) is 0. The van der Waals surface area contributed by atoms with E-state index in [1.54, 1.807) is 6.20 Å². The summed E-state index contributed by atoms with van der Waals surface area (Å²) in [6.07, 6.45) is 2.39. The maximum Gasteiger partial charge on any atom is 0.253 e. The first kappa shape index (κ1) is 17.7. The Bertz CT molecular complexity index is 745. The van der Waals surface area contributed by atoms with Gasteiger partial charge in [-0.25, -0.2) is 4.98 Å². The van der Waals surface area contributed by atoms with Crippen LogP contribution in [0.2, 0.25) is 0 Å². The van der Waals surface area contributed by atoms with Crippen LogP contribution in [0.3, 0.4) is 0 Å². The lowest BCUT2D eigenvalue weighted by atomic mass is 10.0. The van der Waals surface area contributed by atoms with Crippen molar-refractivity contribution in [1.29, 1.82) is 0 Å². The number of rotatable bonds is 5. The van der Waals surface area contributed by atoms with Gasteiger partial charge in [0.25, 0.3) is 5.91 Å². The Labute approximate surface area is 156 Å². The van der Waals surface area contributed by atoms with Crippen LogP contribution in [0.25, 0.3) is 0 Å². The topological polar surface area (TPSA) is 54.5 Å². The molecular weight excluding hydrogens is 382 g/mol. The lowest BCUT2D eigenvalue weighted by molar-refractivity contribution is 0.0924. The van der Waals surface area contributed by atoms with E-state index in [0.717, 1.165) is 41.1 Å². The SMILES string of the molecule is CCN(CC)c1ccc(C(=O)NC2CCOc3ccc(Br)cc32)cn1. The lowest BCUT2D eigenvalue weighted by Crippen LogP contribution is -2.32. The van der Waals surface area contributed by atoms with Crippen molar-refractivity contribution < 1.29 is 9.53 Å². The molecule has 0 saturated heterocycles. The standard InChI is InChI=1S/C19H22BrN3O2/c1-3-23(4-2)18-8-5-13(12-21-18)19(24)22-16-9-10-25-17-7-6-14(20)11-15(16)17/h5-8,11-12,16H,3-4,9-10H2,1-2H3,(H,22,24). The molecule has 1 aliphatic heterocycles. The van der Waals surface area contributed by atoms with Gasteiger partial charge in [-0.05, 0) is 44.2 Å². The number of aromatic nitrogens is 1. The van der Waals surface area contributed by atoms with Gasteiger partial charge in [0.15, 0.2) is 0 Å². The Hall–Kier alpha value is -2.08. The Balaban J connectivity index is 1.74. The van der Waals surface area contributed by atoms with Crippen LogP contribution in [0, 0.1) is 0 Å². The van der Waals surface area contributed by atoms with Gasteiger partial charge in [0, 0.05) is 35.7 Å². The van der Waals surface area contributed by atoms with Crippen LogP contribution in [0.5, 0.6) is 5.75 Å². The molecule has 132 valence electrons. The summed E-state index contributed by atoms with van der Waals surface area (Å²) in [6.45, 7) is 6.56. The zero-order valence-corrected chi connectivity index (χ0v) is 16.0. The Kier molecular flexibility index (Phi) is 5.58. The molecule has 0 radical (unpaired) electrons. The van der Waals surface area contributed by atoms with E-state index in [2.05, 4.69) is 45.0 Å². The number of halogens is 1. The number of fused-ring (bicyclic) bond motifs is 1. The molecule has 2 heterocycles. The van der Waals surface area contributed by atoms with E-state index in [0.29, 0.717) is 12.2 Å². The van der Waals surface area contributed by atoms with E-state index in [4.69, 9.17) is 4.74 Å². The van der Waals surface area contributed by atoms with Crippen molar-refractivity contribution in [3.8, 4) is 5.75 Å². The van der Waals surface area contributed by atoms with Gasteiger partial charge >= 0.3 is 0 Å². The molecular formula is C19H22BrN3O2. The van der Waals surface area contributed by atoms with Crippen LogP contribution in [0.1, 0.15) is 42.2 Å². The largest absolute Gasteiger partial charge is 0.493 e. The smallest absolute Gasteiger partial charge is 0.253 e. The molecule has 1 unspecified atom stereocenters. The number of nitrogens with one attached hydrogen (secondary N) is 1. The second kappa shape index (κ2) is 7.87. The van der Waals surface area contributed by atoms with Gasteiger partial charge < -0.3 is 15.0 Å². The number of amides is 1. The first-order valence-corrected chi connectivity index (χ1v) is 9.35. The second-order valence-corrected chi connectivity index (χ2v) is 6.84. The van der Waals surface area contributed by atoms with E-state index in [9.17, 15) is 4.79 Å². The van der Waals surface area contributed by atoms with Crippen LogP contribution in [-0.2, 0) is 0 Å². The normalized spacial score (nSPS) is 15.9. The van der Waals surface area contributed by atoms with E-state index in [1.165, 1.54) is 0 Å². The number of pyridine rings is 1. The van der Waals surface area contributed by atoms with Crippen LogP contribution in [-0.4, -0.2) is 30.6 Å². The van der Waals surface area contributed by atoms with Crippen molar-refractivity contribution in [2.24, 2.45) is 0 Å². The highest BCUT2D eigenvalue weighted by Crippen LogP contribution is 2.34. The molecule has 1 amide bonds. The fourth-order valence-corrected chi connectivity index (χ4v) is 3.39. The Morgan fingerprint density at radius 1 is 1.32 bits per heavy atom. The summed E-state index contributed by atoms with van der Waals surface area (Å²) in [5.41, 5.74) is 1.57. The molecule has 25 heavy (non-hydrogen) atoms. The minimum Gasteiger partial charge on any atom is -0.493 e. The highest BCUT2D eigenvalue weighted by molar-refractivity contribution is 9.10. The summed E-state index contributed by atoms with van der Waals surface area (Å²) in [5.74, 6) is 1.60. The maximum atomic E-state index is 12.6. The molecule has 1 aliphatic rings. The van der Waals surface area contributed by atoms with Gasteiger partial charge in [0.2, 0.25) is 0 Å². The van der Waals surface area contributed by atoms with Gasteiger partial charge in [0.05, 0.1) is 18.2 Å². The molecule has 1 aromatic heterocycles. The molecule has 1 N–H and O–H groups in total. The fraction of sp³-hybridized carbons (Fsp3) is 0.368. The average molecular weight is 404 g/mol. The number of nitrogens with zero attached hydrogens (tertiary/aromatic N) is 2. The van der Waals surface area contributed by atoms with E-state index < -0.39 is 0 Å². The molecule has 2 aromatic rings. The predicted molar refractivity (Wildman–Crippen MR) is 102 cm³/mol. The minimum absolute atomic E-state index is 0.0591. The maximum absolute atomic E-state index is 12.6. The summed E-state index contributed by atoms with van der Waals surface area (Å²) in [6, 6.07) is 9.54. The van der Waals surface area contributed by atoms with E-state index >= 15 is 0 Å². The Morgan fingerprint density at radius 2 is 2.12 bits per heavy atom. The summed E-state index contributed by atoms with van der Waals surface area (Å²) in [5, 5.41) is 3.10. The summed E-state index contributed by atoms with van der Waals surface area (Å²) >= 11 is 3.48. The molecule has 0 bridgehead atoms. The van der Waals surface area contributed by atoms with Gasteiger partial charge in [0.1, 0.15) is 11.6 Å². The van der Waals surface area contributed by atoms with Crippen molar-refractivity contribution in [3.63, 3.8) is 0 Å². The van der Waals surface area contributed by atoms with E-state index in [-0.39, 0.29) is 11.9 Å². The fourth-order valence-electron chi connectivity index (χ4n) is 3.01. The van der Waals surface area contributed by atoms with Crippen molar-refractivity contribution >= 4 is 27.7 Å². The van der Waals surface area contributed by atoms with Crippen molar-refractivity contribution in [2.45, 2.75) is 26.3 Å². The van der Waals surface area contributed by atoms with E-state index in [1.807, 2.05) is 30.3 Å². The minimum atomic E-state index is -0.114. The number of ether oxygens (including phenoxy) is 1. The second-order valence-electron chi connectivity index (χ2n) is 5.92. The van der Waals surface area contributed by atoms with Crippen LogP contribution in [0.15, 0.2) is 41.0 Å². The van der Waals surface area contributed by atoms with Gasteiger partial charge in [-0.1, -0.05) is 15.9 Å². The molecule has 0 spiro atoms. The molecule has 6 heteroatoms. The monoisotopic (exact) mass is 403 g/mol. The number of benzene rings is 1. The quantitative estimate of drug-likeness (QED) is 0.820. The van der Waals surface area contributed by atoms with Gasteiger partial charge in [-0.2, -0.15) is 0 Å². The third-order valence-electron chi connectivity index (χ3n) is 4.41. The van der Waals surface area contributed by atoms with Crippen LogP contribution >= 0.6 is 15.9 Å². The van der Waals surface area contributed by atoms with Crippen molar-refractivity contribution in [3.05, 3.63) is 52.1 Å². The van der Waals surface area contributed by atoms with Gasteiger partial charge in [-0.3, -0.25) is 4.79 Å². The summed E-state index contributed by atoms with van der Waals surface area (Å²) in [4.78, 5) is 19.2. The molecule has 0 saturated carbocycles. The molecule has 1 aromatic carbocycles. The highest BCUT2D eigenvalue weighted by Gasteiger charge is 2.24. The van der Waals surface area contributed by atoms with Crippen molar-refractivity contribution in [2.75, 3.05) is 24.6 Å². The summed E-state index contributed by atoms with van der Waals surface area (Å²) < 4.78 is 6.65. The number of carbonyl (C=O) groups is 1. The Morgan fingerprint density at radius 3 is 2.80 bits per heavy atom. The lowest BCUT2D eigenvalue weighted by Gasteiger charge is -2.27.